The van der Waals surface area contributed by atoms with Crippen molar-refractivity contribution in [3.8, 4) is 17.2 Å². The van der Waals surface area contributed by atoms with E-state index in [-0.39, 0.29) is 0 Å². The molecule has 4 rings (SSSR count). The van der Waals surface area contributed by atoms with Crippen molar-refractivity contribution in [3.05, 3.63) is 64.9 Å². The zero-order valence-electron chi connectivity index (χ0n) is 15.1. The lowest BCUT2D eigenvalue weighted by Crippen LogP contribution is -2.21. The Kier molecular flexibility index (Phi) is 5.48. The molecule has 2 heterocycles. The Morgan fingerprint density at radius 2 is 1.86 bits per heavy atom. The fourth-order valence-electron chi connectivity index (χ4n) is 2.73. The number of anilines is 1. The molecule has 0 bridgehead atoms. The van der Waals surface area contributed by atoms with Crippen molar-refractivity contribution in [3.63, 3.8) is 0 Å². The van der Waals surface area contributed by atoms with Crippen LogP contribution in [0.1, 0.15) is 10.4 Å². The van der Waals surface area contributed by atoms with Gasteiger partial charge in [-0.2, -0.15) is 5.10 Å². The van der Waals surface area contributed by atoms with Gasteiger partial charge in [-0.3, -0.25) is 4.79 Å². The van der Waals surface area contributed by atoms with Crippen molar-refractivity contribution in [2.24, 2.45) is 0 Å². The third kappa shape index (κ3) is 4.40. The highest BCUT2D eigenvalue weighted by molar-refractivity contribution is 9.10. The van der Waals surface area contributed by atoms with Crippen LogP contribution in [0, 0.1) is 0 Å². The highest BCUT2D eigenvalue weighted by Gasteiger charge is 2.17. The Bertz CT molecular complexity index is 1040. The van der Waals surface area contributed by atoms with E-state index in [0.717, 1.165) is 5.69 Å². The van der Waals surface area contributed by atoms with Gasteiger partial charge in [0.2, 0.25) is 0 Å². The van der Waals surface area contributed by atoms with E-state index in [1.165, 1.54) is 0 Å². The molecule has 1 N–H and O–H groups in total. The number of hydrogen-bond acceptors (Lipinski definition) is 6. The molecule has 0 saturated carbocycles. The molecule has 0 atom stereocenters. The number of rotatable bonds is 5. The standard InChI is InChI=1S/C20H16BrN3O5/c21-15-10-17-18(28-9-8-27-17)11-16(15)23-19(25)12-29-20(26)13-2-4-14(5-3-13)24-7-1-6-22-24/h1-7,10-11H,8-9,12H2,(H,23,25). The Labute approximate surface area is 174 Å². The summed E-state index contributed by atoms with van der Waals surface area (Å²) in [5, 5.41) is 6.81. The number of carbonyl (C=O) groups is 2. The molecule has 3 aromatic rings. The first-order chi connectivity index (χ1) is 14.1. The second kappa shape index (κ2) is 8.36. The Balaban J connectivity index is 1.34. The summed E-state index contributed by atoms with van der Waals surface area (Å²) >= 11 is 3.38. The lowest BCUT2D eigenvalue weighted by Gasteiger charge is -2.20. The van der Waals surface area contributed by atoms with E-state index >= 15 is 0 Å². The van der Waals surface area contributed by atoms with E-state index in [2.05, 4.69) is 26.3 Å². The Hall–Kier alpha value is -3.33. The monoisotopic (exact) mass is 457 g/mol. The summed E-state index contributed by atoms with van der Waals surface area (Å²) in [5.41, 5.74) is 1.65. The van der Waals surface area contributed by atoms with Crippen LogP contribution in [0.15, 0.2) is 59.3 Å². The zero-order chi connectivity index (χ0) is 20.2. The summed E-state index contributed by atoms with van der Waals surface area (Å²) in [7, 11) is 0. The molecule has 2 aromatic carbocycles. The molecule has 29 heavy (non-hydrogen) atoms. The maximum atomic E-state index is 12.2. The van der Waals surface area contributed by atoms with Gasteiger partial charge in [0.15, 0.2) is 18.1 Å². The van der Waals surface area contributed by atoms with Crippen molar-refractivity contribution < 1.29 is 23.8 Å². The van der Waals surface area contributed by atoms with Gasteiger partial charge in [-0.05, 0) is 46.3 Å². The van der Waals surface area contributed by atoms with E-state index in [1.807, 2.05) is 0 Å². The van der Waals surface area contributed by atoms with Crippen molar-refractivity contribution in [1.29, 1.82) is 0 Å². The first kappa shape index (κ1) is 19.0. The SMILES string of the molecule is O=C(COC(=O)c1ccc(-n2cccn2)cc1)Nc1cc2c(cc1Br)OCCO2. The van der Waals surface area contributed by atoms with Crippen LogP contribution in [-0.4, -0.2) is 41.5 Å². The fourth-order valence-corrected chi connectivity index (χ4v) is 3.15. The van der Waals surface area contributed by atoms with Crippen molar-refractivity contribution in [2.45, 2.75) is 0 Å². The van der Waals surface area contributed by atoms with Crippen LogP contribution < -0.4 is 14.8 Å². The van der Waals surface area contributed by atoms with Gasteiger partial charge >= 0.3 is 5.97 Å². The fraction of sp³-hybridized carbons (Fsp3) is 0.150. The molecule has 0 fully saturated rings. The van der Waals surface area contributed by atoms with Crippen LogP contribution in [0.2, 0.25) is 0 Å². The lowest BCUT2D eigenvalue weighted by molar-refractivity contribution is -0.119. The number of hydrogen-bond donors (Lipinski definition) is 1. The van der Waals surface area contributed by atoms with Crippen LogP contribution in [0.25, 0.3) is 5.69 Å². The maximum absolute atomic E-state index is 12.2. The molecule has 0 spiro atoms. The quantitative estimate of drug-likeness (QED) is 0.591. The molecule has 0 saturated heterocycles. The third-order valence-corrected chi connectivity index (χ3v) is 4.77. The number of amides is 1. The molecular weight excluding hydrogens is 442 g/mol. The number of ether oxygens (including phenoxy) is 3. The molecule has 148 valence electrons. The average Bonchev–Trinajstić information content (AvgIpc) is 3.27. The number of halogens is 1. The van der Waals surface area contributed by atoms with Gasteiger partial charge in [-0.15, -0.1) is 0 Å². The number of esters is 1. The molecule has 1 aromatic heterocycles. The lowest BCUT2D eigenvalue weighted by atomic mass is 10.2. The molecule has 8 nitrogen and oxygen atoms in total. The summed E-state index contributed by atoms with van der Waals surface area (Å²) in [6, 6.07) is 11.9. The van der Waals surface area contributed by atoms with Crippen LogP contribution in [0.4, 0.5) is 5.69 Å². The summed E-state index contributed by atoms with van der Waals surface area (Å²) < 4.78 is 18.4. The molecule has 9 heteroatoms. The van der Waals surface area contributed by atoms with E-state index < -0.39 is 18.5 Å². The zero-order valence-corrected chi connectivity index (χ0v) is 16.7. The highest BCUT2D eigenvalue weighted by atomic mass is 79.9. The molecule has 0 aliphatic carbocycles. The highest BCUT2D eigenvalue weighted by Crippen LogP contribution is 2.38. The minimum Gasteiger partial charge on any atom is -0.486 e. The van der Waals surface area contributed by atoms with Crippen LogP contribution in [0.3, 0.4) is 0 Å². The minimum atomic E-state index is -0.589. The van der Waals surface area contributed by atoms with Crippen LogP contribution in [-0.2, 0) is 9.53 Å². The summed E-state index contributed by atoms with van der Waals surface area (Å²) in [4.78, 5) is 24.4. The smallest absolute Gasteiger partial charge is 0.338 e. The number of benzene rings is 2. The van der Waals surface area contributed by atoms with Crippen molar-refractivity contribution in [2.75, 3.05) is 25.1 Å². The van der Waals surface area contributed by atoms with Crippen molar-refractivity contribution >= 4 is 33.5 Å². The predicted octanol–water partition coefficient (Wildman–Crippen LogP) is 3.20. The van der Waals surface area contributed by atoms with Crippen LogP contribution in [0.5, 0.6) is 11.5 Å². The first-order valence-electron chi connectivity index (χ1n) is 8.76. The normalized spacial score (nSPS) is 12.3. The molecular formula is C20H16BrN3O5. The Morgan fingerprint density at radius 1 is 1.14 bits per heavy atom. The summed E-state index contributed by atoms with van der Waals surface area (Å²) in [5.74, 6) is 0.0902. The summed E-state index contributed by atoms with van der Waals surface area (Å²) in [6.45, 7) is 0.503. The second-order valence-electron chi connectivity index (χ2n) is 6.10. The molecule has 1 aliphatic heterocycles. The van der Waals surface area contributed by atoms with Gasteiger partial charge in [0, 0.05) is 29.0 Å². The molecule has 1 amide bonds. The van der Waals surface area contributed by atoms with Gasteiger partial charge in [0.1, 0.15) is 13.2 Å². The first-order valence-corrected chi connectivity index (χ1v) is 9.55. The van der Waals surface area contributed by atoms with E-state index in [1.54, 1.807) is 59.5 Å². The predicted molar refractivity (Wildman–Crippen MR) is 108 cm³/mol. The number of carbonyl (C=O) groups excluding carboxylic acids is 2. The van der Waals surface area contributed by atoms with E-state index in [4.69, 9.17) is 14.2 Å². The van der Waals surface area contributed by atoms with Crippen LogP contribution >= 0.6 is 15.9 Å². The number of nitrogens with one attached hydrogen (secondary N) is 1. The van der Waals surface area contributed by atoms with Gasteiger partial charge in [-0.25, -0.2) is 9.48 Å². The minimum absolute atomic E-state index is 0.342. The van der Waals surface area contributed by atoms with Gasteiger partial charge < -0.3 is 19.5 Å². The molecule has 0 unspecified atom stereocenters. The topological polar surface area (TPSA) is 91.7 Å². The van der Waals surface area contributed by atoms with E-state index in [9.17, 15) is 9.59 Å². The van der Waals surface area contributed by atoms with Gasteiger partial charge in [-0.1, -0.05) is 0 Å². The van der Waals surface area contributed by atoms with Crippen molar-refractivity contribution in [1.82, 2.24) is 9.78 Å². The molecule has 0 radical (unpaired) electrons. The molecule has 1 aliphatic rings. The van der Waals surface area contributed by atoms with Gasteiger partial charge in [0.05, 0.1) is 16.9 Å². The maximum Gasteiger partial charge on any atom is 0.338 e. The largest absolute Gasteiger partial charge is 0.486 e. The number of nitrogens with zero attached hydrogens (tertiary/aromatic N) is 2. The summed E-state index contributed by atoms with van der Waals surface area (Å²) in [6.07, 6.45) is 3.47. The number of aromatic nitrogens is 2. The second-order valence-corrected chi connectivity index (χ2v) is 6.95. The van der Waals surface area contributed by atoms with Gasteiger partial charge in [0.25, 0.3) is 5.91 Å². The third-order valence-electron chi connectivity index (χ3n) is 4.11. The average molecular weight is 458 g/mol. The van der Waals surface area contributed by atoms with E-state index in [0.29, 0.717) is 40.4 Å². The Morgan fingerprint density at radius 3 is 2.55 bits per heavy atom. The number of fused-ring (bicyclic) bond motifs is 1.